The van der Waals surface area contributed by atoms with Gasteiger partial charge in [0, 0.05) is 5.41 Å². The predicted octanol–water partition coefficient (Wildman–Crippen LogP) is 2.06. The van der Waals surface area contributed by atoms with E-state index in [4.69, 9.17) is 15.3 Å². The molecular weight excluding hydrogens is 234 g/mol. The molecule has 0 aromatic carbocycles. The first kappa shape index (κ1) is 10.8. The van der Waals surface area contributed by atoms with Crippen molar-refractivity contribution in [1.82, 2.24) is 0 Å². The van der Waals surface area contributed by atoms with Crippen molar-refractivity contribution >= 4 is 15.9 Å². The van der Waals surface area contributed by atoms with Gasteiger partial charge < -0.3 is 15.3 Å². The lowest BCUT2D eigenvalue weighted by Crippen LogP contribution is -2.32. The number of rotatable bonds is 3. The largest absolute Gasteiger partial charge is 0.453 e. The summed E-state index contributed by atoms with van der Waals surface area (Å²) in [6.07, 6.45) is 0. The second kappa shape index (κ2) is 3.82. The highest BCUT2D eigenvalue weighted by atomic mass is 79.9. The predicted molar refractivity (Wildman–Crippen MR) is 54.2 cm³/mol. The molecule has 0 amide bonds. The molecule has 0 aliphatic heterocycles. The molecule has 0 saturated heterocycles. The van der Waals surface area contributed by atoms with Crippen LogP contribution >= 0.6 is 15.9 Å². The summed E-state index contributed by atoms with van der Waals surface area (Å²) in [4.78, 5) is 0. The van der Waals surface area contributed by atoms with E-state index in [9.17, 15) is 0 Å². The van der Waals surface area contributed by atoms with E-state index in [0.29, 0.717) is 10.4 Å². The van der Waals surface area contributed by atoms with Crippen LogP contribution in [0.3, 0.4) is 0 Å². The molecule has 13 heavy (non-hydrogen) atoms. The number of furan rings is 1. The molecule has 0 saturated carbocycles. The van der Waals surface area contributed by atoms with Gasteiger partial charge in [-0.15, -0.1) is 0 Å². The third-order valence-corrected chi connectivity index (χ3v) is 2.58. The summed E-state index contributed by atoms with van der Waals surface area (Å²) in [7, 11) is 0. The molecule has 3 N–H and O–H groups in total. The summed E-state index contributed by atoms with van der Waals surface area (Å²) in [5.74, 6) is 0.686. The second-order valence-electron chi connectivity index (χ2n) is 3.77. The Bertz CT molecular complexity index is 283. The van der Waals surface area contributed by atoms with Gasteiger partial charge in [-0.2, -0.15) is 0 Å². The summed E-state index contributed by atoms with van der Waals surface area (Å²) >= 11 is 3.20. The number of aliphatic hydroxyl groups is 1. The highest BCUT2D eigenvalue weighted by molar-refractivity contribution is 9.10. The molecule has 1 rings (SSSR count). The molecule has 1 atom stereocenters. The molecule has 0 fully saturated rings. The van der Waals surface area contributed by atoms with Crippen LogP contribution in [0.15, 0.2) is 21.2 Å². The standard InChI is InChI=1S/C9H14BrNO2/c1-9(2,5-12)8(11)6-3-4-7(10)13-6/h3-4,8,12H,5,11H2,1-2H3. The first-order valence-electron chi connectivity index (χ1n) is 4.09. The number of hydrogen-bond donors (Lipinski definition) is 2. The zero-order valence-electron chi connectivity index (χ0n) is 7.75. The third-order valence-electron chi connectivity index (χ3n) is 2.15. The Balaban J connectivity index is 2.84. The fraction of sp³-hybridized carbons (Fsp3) is 0.556. The van der Waals surface area contributed by atoms with Gasteiger partial charge in [-0.3, -0.25) is 0 Å². The average molecular weight is 248 g/mol. The van der Waals surface area contributed by atoms with Gasteiger partial charge in [0.2, 0.25) is 0 Å². The Labute approximate surface area is 86.1 Å². The van der Waals surface area contributed by atoms with E-state index in [2.05, 4.69) is 15.9 Å². The molecule has 74 valence electrons. The molecule has 1 aromatic heterocycles. The van der Waals surface area contributed by atoms with Crippen molar-refractivity contribution in [2.24, 2.45) is 11.1 Å². The summed E-state index contributed by atoms with van der Waals surface area (Å²) in [5, 5.41) is 9.10. The van der Waals surface area contributed by atoms with Gasteiger partial charge in [-0.05, 0) is 28.1 Å². The lowest BCUT2D eigenvalue weighted by molar-refractivity contribution is 0.122. The summed E-state index contributed by atoms with van der Waals surface area (Å²) in [6, 6.07) is 3.32. The quantitative estimate of drug-likeness (QED) is 0.860. The van der Waals surface area contributed by atoms with Crippen LogP contribution in [0, 0.1) is 5.41 Å². The highest BCUT2D eigenvalue weighted by Crippen LogP contribution is 2.32. The zero-order valence-corrected chi connectivity index (χ0v) is 9.34. The molecule has 0 radical (unpaired) electrons. The number of halogens is 1. The van der Waals surface area contributed by atoms with Gasteiger partial charge in [0.1, 0.15) is 5.76 Å². The van der Waals surface area contributed by atoms with Crippen molar-refractivity contribution in [1.29, 1.82) is 0 Å². The number of hydrogen-bond acceptors (Lipinski definition) is 3. The van der Waals surface area contributed by atoms with Crippen LogP contribution in [-0.4, -0.2) is 11.7 Å². The zero-order chi connectivity index (χ0) is 10.1. The van der Waals surface area contributed by atoms with Crippen molar-refractivity contribution in [3.63, 3.8) is 0 Å². The van der Waals surface area contributed by atoms with Crippen LogP contribution in [0.25, 0.3) is 0 Å². The average Bonchev–Trinajstić information content (AvgIpc) is 2.50. The summed E-state index contributed by atoms with van der Waals surface area (Å²) in [6.45, 7) is 3.83. The van der Waals surface area contributed by atoms with Crippen molar-refractivity contribution in [3.05, 3.63) is 22.6 Å². The fourth-order valence-electron chi connectivity index (χ4n) is 0.979. The van der Waals surface area contributed by atoms with Crippen LogP contribution < -0.4 is 5.73 Å². The fourth-order valence-corrected chi connectivity index (χ4v) is 1.30. The molecule has 1 heterocycles. The Morgan fingerprint density at radius 3 is 2.62 bits per heavy atom. The third kappa shape index (κ3) is 2.33. The number of aliphatic hydroxyl groups excluding tert-OH is 1. The summed E-state index contributed by atoms with van der Waals surface area (Å²) in [5.41, 5.74) is 5.56. The Morgan fingerprint density at radius 2 is 2.23 bits per heavy atom. The Kier molecular flexibility index (Phi) is 3.16. The Morgan fingerprint density at radius 1 is 1.62 bits per heavy atom. The molecule has 1 unspecified atom stereocenters. The van der Waals surface area contributed by atoms with E-state index < -0.39 is 0 Å². The molecular formula is C9H14BrNO2. The maximum absolute atomic E-state index is 9.10. The molecule has 4 heteroatoms. The van der Waals surface area contributed by atoms with Crippen LogP contribution in [0.2, 0.25) is 0 Å². The van der Waals surface area contributed by atoms with Gasteiger partial charge >= 0.3 is 0 Å². The van der Waals surface area contributed by atoms with Crippen molar-refractivity contribution in [2.45, 2.75) is 19.9 Å². The van der Waals surface area contributed by atoms with Crippen LogP contribution in [0.1, 0.15) is 25.6 Å². The van der Waals surface area contributed by atoms with Crippen molar-refractivity contribution in [3.8, 4) is 0 Å². The smallest absolute Gasteiger partial charge is 0.169 e. The van der Waals surface area contributed by atoms with Crippen molar-refractivity contribution in [2.75, 3.05) is 6.61 Å². The van der Waals surface area contributed by atoms with Gasteiger partial charge in [0.05, 0.1) is 12.6 Å². The minimum absolute atomic E-state index is 0.0342. The normalized spacial score (nSPS) is 14.5. The van der Waals surface area contributed by atoms with E-state index in [1.807, 2.05) is 19.9 Å². The van der Waals surface area contributed by atoms with Crippen LogP contribution in [0.4, 0.5) is 0 Å². The monoisotopic (exact) mass is 247 g/mol. The van der Waals surface area contributed by atoms with Crippen LogP contribution in [0.5, 0.6) is 0 Å². The van der Waals surface area contributed by atoms with Gasteiger partial charge in [0.25, 0.3) is 0 Å². The van der Waals surface area contributed by atoms with E-state index >= 15 is 0 Å². The van der Waals surface area contributed by atoms with Crippen LogP contribution in [-0.2, 0) is 0 Å². The lowest BCUT2D eigenvalue weighted by Gasteiger charge is -2.27. The first-order valence-corrected chi connectivity index (χ1v) is 4.88. The van der Waals surface area contributed by atoms with E-state index in [1.54, 1.807) is 6.07 Å². The van der Waals surface area contributed by atoms with Crippen molar-refractivity contribution < 1.29 is 9.52 Å². The minimum atomic E-state index is -0.364. The SMILES string of the molecule is CC(C)(CO)C(N)c1ccc(Br)o1. The first-order chi connectivity index (χ1) is 5.97. The summed E-state index contributed by atoms with van der Waals surface area (Å²) < 4.78 is 5.97. The minimum Gasteiger partial charge on any atom is -0.453 e. The molecule has 3 nitrogen and oxygen atoms in total. The Hall–Kier alpha value is -0.320. The highest BCUT2D eigenvalue weighted by Gasteiger charge is 2.29. The van der Waals surface area contributed by atoms with Gasteiger partial charge in [-0.25, -0.2) is 0 Å². The van der Waals surface area contributed by atoms with E-state index in [1.165, 1.54) is 0 Å². The number of nitrogens with two attached hydrogens (primary N) is 1. The molecule has 0 spiro atoms. The molecule has 0 aliphatic carbocycles. The maximum atomic E-state index is 9.10. The molecule has 0 bridgehead atoms. The maximum Gasteiger partial charge on any atom is 0.169 e. The molecule has 0 aliphatic rings. The van der Waals surface area contributed by atoms with Gasteiger partial charge in [-0.1, -0.05) is 13.8 Å². The van der Waals surface area contributed by atoms with Gasteiger partial charge in [0.15, 0.2) is 4.67 Å². The topological polar surface area (TPSA) is 59.4 Å². The second-order valence-corrected chi connectivity index (χ2v) is 4.55. The van der Waals surface area contributed by atoms with E-state index in [-0.39, 0.29) is 18.1 Å². The van der Waals surface area contributed by atoms with E-state index in [0.717, 1.165) is 0 Å². The molecule has 1 aromatic rings. The lowest BCUT2D eigenvalue weighted by atomic mass is 9.84.